The molecule has 0 spiro atoms. The molecule has 1 unspecified atom stereocenters. The van der Waals surface area contributed by atoms with Gasteiger partial charge in [-0.2, -0.15) is 5.10 Å². The lowest BCUT2D eigenvalue weighted by Crippen LogP contribution is -1.98. The summed E-state index contributed by atoms with van der Waals surface area (Å²) in [7, 11) is 1.89. The van der Waals surface area contributed by atoms with Crippen LogP contribution in [0.4, 0.5) is 5.82 Å². The van der Waals surface area contributed by atoms with E-state index in [0.29, 0.717) is 5.92 Å². The van der Waals surface area contributed by atoms with Gasteiger partial charge in [0.15, 0.2) is 0 Å². The third kappa shape index (κ3) is 2.29. The lowest BCUT2D eigenvalue weighted by molar-refractivity contribution is 0.668. The van der Waals surface area contributed by atoms with Gasteiger partial charge in [-0.05, 0) is 24.1 Å². The molecule has 0 fully saturated rings. The summed E-state index contributed by atoms with van der Waals surface area (Å²) in [5.41, 5.74) is 9.42. The van der Waals surface area contributed by atoms with E-state index in [2.05, 4.69) is 47.0 Å². The molecule has 0 radical (unpaired) electrons. The van der Waals surface area contributed by atoms with Gasteiger partial charge in [-0.25, -0.2) is 0 Å². The van der Waals surface area contributed by atoms with Crippen LogP contribution in [0.15, 0.2) is 28.7 Å². The molecule has 0 saturated carbocycles. The largest absolute Gasteiger partial charge is 0.383 e. The minimum atomic E-state index is 0.405. The first-order chi connectivity index (χ1) is 8.54. The molecule has 0 bridgehead atoms. The highest BCUT2D eigenvalue weighted by molar-refractivity contribution is 9.10. The molecule has 2 aromatic rings. The molecule has 1 atom stereocenters. The second-order valence-corrected chi connectivity index (χ2v) is 5.50. The van der Waals surface area contributed by atoms with Crippen LogP contribution in [-0.4, -0.2) is 9.78 Å². The number of benzene rings is 1. The van der Waals surface area contributed by atoms with Crippen LogP contribution in [0.2, 0.25) is 0 Å². The topological polar surface area (TPSA) is 43.8 Å². The Hall–Kier alpha value is -1.29. The summed E-state index contributed by atoms with van der Waals surface area (Å²) in [5.74, 6) is 1.13. The number of aromatic nitrogens is 2. The van der Waals surface area contributed by atoms with Gasteiger partial charge in [-0.3, -0.25) is 4.68 Å². The molecule has 0 saturated heterocycles. The minimum Gasteiger partial charge on any atom is -0.383 e. The van der Waals surface area contributed by atoms with Gasteiger partial charge in [0.1, 0.15) is 5.82 Å². The third-order valence-corrected chi connectivity index (χ3v) is 3.80. The zero-order valence-electron chi connectivity index (χ0n) is 10.9. The fraction of sp³-hybridized carbons (Fsp3) is 0.357. The first-order valence-corrected chi connectivity index (χ1v) is 6.92. The molecule has 2 rings (SSSR count). The molecule has 1 heterocycles. The number of nitrogen functional groups attached to an aromatic ring is 1. The number of rotatable bonds is 3. The highest BCUT2D eigenvalue weighted by Crippen LogP contribution is 2.35. The van der Waals surface area contributed by atoms with Crippen molar-refractivity contribution in [2.75, 3.05) is 5.73 Å². The van der Waals surface area contributed by atoms with Crippen LogP contribution in [0, 0.1) is 0 Å². The third-order valence-electron chi connectivity index (χ3n) is 3.31. The summed E-state index contributed by atoms with van der Waals surface area (Å²) in [4.78, 5) is 0. The Morgan fingerprint density at radius 1 is 1.44 bits per heavy atom. The van der Waals surface area contributed by atoms with Gasteiger partial charge in [-0.15, -0.1) is 0 Å². The fourth-order valence-corrected chi connectivity index (χ4v) is 2.44. The van der Waals surface area contributed by atoms with E-state index in [0.717, 1.165) is 33.5 Å². The Morgan fingerprint density at radius 3 is 2.78 bits per heavy atom. The lowest BCUT2D eigenvalue weighted by atomic mass is 9.96. The van der Waals surface area contributed by atoms with E-state index in [-0.39, 0.29) is 0 Å². The SMILES string of the molecule is CCC(C)c1nn(C)c(N)c1-c1cccc(Br)c1. The first-order valence-electron chi connectivity index (χ1n) is 6.12. The summed E-state index contributed by atoms with van der Waals surface area (Å²) in [6, 6.07) is 8.19. The molecule has 18 heavy (non-hydrogen) atoms. The number of aryl methyl sites for hydroxylation is 1. The van der Waals surface area contributed by atoms with Crippen LogP contribution < -0.4 is 5.73 Å². The second kappa shape index (κ2) is 5.14. The maximum atomic E-state index is 6.16. The zero-order valence-corrected chi connectivity index (χ0v) is 12.5. The van der Waals surface area contributed by atoms with Gasteiger partial charge in [-0.1, -0.05) is 41.9 Å². The Labute approximate surface area is 116 Å². The molecule has 1 aromatic heterocycles. The van der Waals surface area contributed by atoms with E-state index >= 15 is 0 Å². The summed E-state index contributed by atoms with van der Waals surface area (Å²) < 4.78 is 2.82. The molecule has 0 aliphatic carbocycles. The van der Waals surface area contributed by atoms with Crippen molar-refractivity contribution in [2.45, 2.75) is 26.2 Å². The zero-order chi connectivity index (χ0) is 13.3. The summed E-state index contributed by atoms with van der Waals surface area (Å²) in [6.07, 6.45) is 1.05. The lowest BCUT2D eigenvalue weighted by Gasteiger charge is -2.09. The van der Waals surface area contributed by atoms with E-state index in [1.54, 1.807) is 4.68 Å². The summed E-state index contributed by atoms with van der Waals surface area (Å²) in [6.45, 7) is 4.35. The molecular formula is C14H18BrN3. The predicted molar refractivity (Wildman–Crippen MR) is 79.5 cm³/mol. The first kappa shape index (κ1) is 13.1. The van der Waals surface area contributed by atoms with Crippen molar-refractivity contribution >= 4 is 21.7 Å². The molecular weight excluding hydrogens is 290 g/mol. The molecule has 2 N–H and O–H groups in total. The van der Waals surface area contributed by atoms with Crippen molar-refractivity contribution in [1.82, 2.24) is 9.78 Å². The molecule has 0 amide bonds. The van der Waals surface area contributed by atoms with Crippen molar-refractivity contribution < 1.29 is 0 Å². The van der Waals surface area contributed by atoms with Crippen molar-refractivity contribution in [2.24, 2.45) is 7.05 Å². The highest BCUT2D eigenvalue weighted by atomic mass is 79.9. The van der Waals surface area contributed by atoms with Crippen LogP contribution in [0.3, 0.4) is 0 Å². The van der Waals surface area contributed by atoms with E-state index in [1.165, 1.54) is 0 Å². The highest BCUT2D eigenvalue weighted by Gasteiger charge is 2.19. The summed E-state index contributed by atoms with van der Waals surface area (Å²) in [5, 5.41) is 4.56. The number of hydrogen-bond acceptors (Lipinski definition) is 2. The predicted octanol–water partition coefficient (Wildman–Crippen LogP) is 3.95. The molecule has 0 aliphatic heterocycles. The molecule has 0 aliphatic rings. The number of nitrogens with two attached hydrogens (primary N) is 1. The molecule has 3 nitrogen and oxygen atoms in total. The number of hydrogen-bond donors (Lipinski definition) is 1. The van der Waals surface area contributed by atoms with Gasteiger partial charge in [0.2, 0.25) is 0 Å². The van der Waals surface area contributed by atoms with Crippen LogP contribution in [0.1, 0.15) is 31.9 Å². The quantitative estimate of drug-likeness (QED) is 0.933. The molecule has 96 valence electrons. The average Bonchev–Trinajstić information content (AvgIpc) is 2.65. The van der Waals surface area contributed by atoms with Gasteiger partial charge >= 0.3 is 0 Å². The smallest absolute Gasteiger partial charge is 0.129 e. The van der Waals surface area contributed by atoms with Crippen LogP contribution in [-0.2, 0) is 7.05 Å². The number of anilines is 1. The number of halogens is 1. The standard InChI is InChI=1S/C14H18BrN3/c1-4-9(2)13-12(14(16)18(3)17-13)10-6-5-7-11(15)8-10/h5-9H,4,16H2,1-3H3. The van der Waals surface area contributed by atoms with Gasteiger partial charge in [0.05, 0.1) is 5.69 Å². The minimum absolute atomic E-state index is 0.405. The van der Waals surface area contributed by atoms with Gasteiger partial charge in [0.25, 0.3) is 0 Å². The van der Waals surface area contributed by atoms with Crippen LogP contribution >= 0.6 is 15.9 Å². The van der Waals surface area contributed by atoms with Crippen LogP contribution in [0.25, 0.3) is 11.1 Å². The van der Waals surface area contributed by atoms with E-state index in [4.69, 9.17) is 5.73 Å². The Balaban J connectivity index is 2.62. The monoisotopic (exact) mass is 307 g/mol. The van der Waals surface area contributed by atoms with Crippen molar-refractivity contribution in [1.29, 1.82) is 0 Å². The molecule has 1 aromatic carbocycles. The average molecular weight is 308 g/mol. The fourth-order valence-electron chi connectivity index (χ4n) is 2.04. The van der Waals surface area contributed by atoms with Crippen LogP contribution in [0.5, 0.6) is 0 Å². The van der Waals surface area contributed by atoms with Crippen molar-refractivity contribution in [3.63, 3.8) is 0 Å². The second-order valence-electron chi connectivity index (χ2n) is 4.59. The van der Waals surface area contributed by atoms with Crippen molar-refractivity contribution in [3.05, 3.63) is 34.4 Å². The van der Waals surface area contributed by atoms with E-state index in [1.807, 2.05) is 19.2 Å². The van der Waals surface area contributed by atoms with E-state index < -0.39 is 0 Å². The normalized spacial score (nSPS) is 12.7. The number of nitrogens with zero attached hydrogens (tertiary/aromatic N) is 2. The van der Waals surface area contributed by atoms with E-state index in [9.17, 15) is 0 Å². The summed E-state index contributed by atoms with van der Waals surface area (Å²) >= 11 is 3.50. The maximum absolute atomic E-state index is 6.16. The van der Waals surface area contributed by atoms with Crippen molar-refractivity contribution in [3.8, 4) is 11.1 Å². The molecule has 4 heteroatoms. The maximum Gasteiger partial charge on any atom is 0.129 e. The van der Waals surface area contributed by atoms with Gasteiger partial charge in [0, 0.05) is 23.0 Å². The Bertz CT molecular complexity index is 560. The Morgan fingerprint density at radius 2 is 2.17 bits per heavy atom. The van der Waals surface area contributed by atoms with Gasteiger partial charge < -0.3 is 5.73 Å². The Kier molecular flexibility index (Phi) is 3.76.